The highest BCUT2D eigenvalue weighted by Gasteiger charge is 2.10. The number of hydrogen-bond donors (Lipinski definition) is 2. The molecule has 2 rings (SSSR count). The van der Waals surface area contributed by atoms with Crippen molar-refractivity contribution >= 4 is 40.7 Å². The maximum absolute atomic E-state index is 12.1. The van der Waals surface area contributed by atoms with Gasteiger partial charge in [-0.25, -0.2) is 0 Å². The van der Waals surface area contributed by atoms with Gasteiger partial charge in [0.2, 0.25) is 5.91 Å². The van der Waals surface area contributed by atoms with E-state index in [1.807, 2.05) is 12.1 Å². The minimum absolute atomic E-state index is 0.126. The van der Waals surface area contributed by atoms with Crippen LogP contribution in [0, 0.1) is 0 Å². The highest BCUT2D eigenvalue weighted by atomic mass is 35.5. The number of nitrogens with one attached hydrogen (secondary N) is 2. The second-order valence-corrected chi connectivity index (χ2v) is 5.53. The lowest BCUT2D eigenvalue weighted by molar-refractivity contribution is -0.114. The SMILES string of the molecule is CC(=O)Nc1ccc(CNC(=O)c2ccc(Cl)cc2Cl)cc1. The van der Waals surface area contributed by atoms with Crippen LogP contribution in [0.1, 0.15) is 22.8 Å². The maximum atomic E-state index is 12.1. The van der Waals surface area contributed by atoms with Crippen molar-refractivity contribution in [1.29, 1.82) is 0 Å². The topological polar surface area (TPSA) is 58.2 Å². The monoisotopic (exact) mass is 336 g/mol. The number of carbonyl (C=O) groups excluding carboxylic acids is 2. The molecule has 0 aliphatic carbocycles. The van der Waals surface area contributed by atoms with E-state index in [2.05, 4.69) is 10.6 Å². The summed E-state index contributed by atoms with van der Waals surface area (Å²) in [5.41, 5.74) is 2.00. The highest BCUT2D eigenvalue weighted by molar-refractivity contribution is 6.36. The fourth-order valence-corrected chi connectivity index (χ4v) is 2.35. The van der Waals surface area contributed by atoms with Gasteiger partial charge in [-0.05, 0) is 35.9 Å². The second kappa shape index (κ2) is 7.29. The minimum Gasteiger partial charge on any atom is -0.348 e. The second-order valence-electron chi connectivity index (χ2n) is 4.68. The molecule has 2 amide bonds. The Bertz CT molecular complexity index is 700. The molecule has 0 saturated heterocycles. The van der Waals surface area contributed by atoms with Gasteiger partial charge >= 0.3 is 0 Å². The largest absolute Gasteiger partial charge is 0.348 e. The summed E-state index contributed by atoms with van der Waals surface area (Å²) in [6, 6.07) is 11.9. The first kappa shape index (κ1) is 16.3. The maximum Gasteiger partial charge on any atom is 0.253 e. The lowest BCUT2D eigenvalue weighted by Crippen LogP contribution is -2.23. The summed E-state index contributed by atoms with van der Waals surface area (Å²) in [7, 11) is 0. The molecule has 0 spiro atoms. The quantitative estimate of drug-likeness (QED) is 0.889. The number of anilines is 1. The predicted octanol–water partition coefficient (Wildman–Crippen LogP) is 3.88. The zero-order valence-electron chi connectivity index (χ0n) is 11.8. The molecule has 0 bridgehead atoms. The van der Waals surface area contributed by atoms with E-state index in [1.54, 1.807) is 24.3 Å². The van der Waals surface area contributed by atoms with Gasteiger partial charge in [-0.15, -0.1) is 0 Å². The minimum atomic E-state index is -0.271. The number of halogens is 2. The molecule has 0 atom stereocenters. The molecule has 4 nitrogen and oxygen atoms in total. The molecule has 0 unspecified atom stereocenters. The van der Waals surface area contributed by atoms with Gasteiger partial charge < -0.3 is 10.6 Å². The van der Waals surface area contributed by atoms with Crippen LogP contribution in [0.2, 0.25) is 10.0 Å². The molecule has 0 fully saturated rings. The van der Waals surface area contributed by atoms with E-state index in [0.29, 0.717) is 27.8 Å². The molecule has 0 heterocycles. The van der Waals surface area contributed by atoms with E-state index in [-0.39, 0.29) is 11.8 Å². The Kier molecular flexibility index (Phi) is 5.41. The molecule has 6 heteroatoms. The van der Waals surface area contributed by atoms with Crippen molar-refractivity contribution in [3.63, 3.8) is 0 Å². The Morgan fingerprint density at radius 1 is 1.05 bits per heavy atom. The van der Waals surface area contributed by atoms with Gasteiger partial charge in [0.25, 0.3) is 5.91 Å². The van der Waals surface area contributed by atoms with Gasteiger partial charge in [-0.1, -0.05) is 35.3 Å². The van der Waals surface area contributed by atoms with E-state index >= 15 is 0 Å². The molecule has 114 valence electrons. The van der Waals surface area contributed by atoms with Gasteiger partial charge in [-0.2, -0.15) is 0 Å². The summed E-state index contributed by atoms with van der Waals surface area (Å²) in [5, 5.41) is 6.25. The molecular weight excluding hydrogens is 323 g/mol. The first-order valence-corrected chi connectivity index (χ1v) is 7.31. The van der Waals surface area contributed by atoms with Gasteiger partial charge in [0.1, 0.15) is 0 Å². The van der Waals surface area contributed by atoms with Crippen molar-refractivity contribution in [1.82, 2.24) is 5.32 Å². The van der Waals surface area contributed by atoms with E-state index in [9.17, 15) is 9.59 Å². The zero-order chi connectivity index (χ0) is 16.1. The van der Waals surface area contributed by atoms with E-state index < -0.39 is 0 Å². The smallest absolute Gasteiger partial charge is 0.253 e. The number of rotatable bonds is 4. The van der Waals surface area contributed by atoms with Gasteiger partial charge in [0.15, 0.2) is 0 Å². The summed E-state index contributed by atoms with van der Waals surface area (Å²) < 4.78 is 0. The summed E-state index contributed by atoms with van der Waals surface area (Å²) >= 11 is 11.8. The third-order valence-electron chi connectivity index (χ3n) is 2.90. The molecule has 0 aliphatic heterocycles. The molecule has 2 N–H and O–H groups in total. The van der Waals surface area contributed by atoms with Crippen LogP contribution in [0.5, 0.6) is 0 Å². The van der Waals surface area contributed by atoms with Crippen LogP contribution in [0.3, 0.4) is 0 Å². The number of benzene rings is 2. The van der Waals surface area contributed by atoms with Crippen molar-refractivity contribution in [2.45, 2.75) is 13.5 Å². The van der Waals surface area contributed by atoms with Crippen molar-refractivity contribution < 1.29 is 9.59 Å². The van der Waals surface area contributed by atoms with Crippen molar-refractivity contribution in [3.8, 4) is 0 Å². The van der Waals surface area contributed by atoms with Gasteiger partial charge in [-0.3, -0.25) is 9.59 Å². The van der Waals surface area contributed by atoms with E-state index in [1.165, 1.54) is 13.0 Å². The summed E-state index contributed by atoms with van der Waals surface area (Å²) in [6.07, 6.45) is 0. The van der Waals surface area contributed by atoms with E-state index in [4.69, 9.17) is 23.2 Å². The molecule has 0 aliphatic rings. The molecule has 2 aromatic rings. The van der Waals surface area contributed by atoms with Crippen LogP contribution in [-0.2, 0) is 11.3 Å². The first-order chi connectivity index (χ1) is 10.5. The van der Waals surface area contributed by atoms with Crippen molar-refractivity contribution in [2.24, 2.45) is 0 Å². The van der Waals surface area contributed by atoms with E-state index in [0.717, 1.165) is 5.56 Å². The van der Waals surface area contributed by atoms with Crippen molar-refractivity contribution in [3.05, 3.63) is 63.6 Å². The van der Waals surface area contributed by atoms with Crippen LogP contribution in [-0.4, -0.2) is 11.8 Å². The van der Waals surface area contributed by atoms with Crippen molar-refractivity contribution in [2.75, 3.05) is 5.32 Å². The summed E-state index contributed by atoms with van der Waals surface area (Å²) in [6.45, 7) is 1.81. The molecule has 0 radical (unpaired) electrons. The lowest BCUT2D eigenvalue weighted by Gasteiger charge is -2.08. The molecular formula is C16H14Cl2N2O2. The fourth-order valence-electron chi connectivity index (χ4n) is 1.86. The predicted molar refractivity (Wildman–Crippen MR) is 88.4 cm³/mol. The van der Waals surface area contributed by atoms with Crippen LogP contribution < -0.4 is 10.6 Å². The van der Waals surface area contributed by atoms with Gasteiger partial charge in [0.05, 0.1) is 10.6 Å². The number of hydrogen-bond acceptors (Lipinski definition) is 2. The van der Waals surface area contributed by atoms with Crippen LogP contribution >= 0.6 is 23.2 Å². The molecule has 0 aromatic heterocycles. The lowest BCUT2D eigenvalue weighted by atomic mass is 10.2. The third-order valence-corrected chi connectivity index (χ3v) is 3.45. The Morgan fingerprint density at radius 3 is 2.32 bits per heavy atom. The fraction of sp³-hybridized carbons (Fsp3) is 0.125. The number of amides is 2. The Labute approximate surface area is 138 Å². The first-order valence-electron chi connectivity index (χ1n) is 6.55. The normalized spacial score (nSPS) is 10.1. The zero-order valence-corrected chi connectivity index (χ0v) is 13.3. The average molecular weight is 337 g/mol. The Balaban J connectivity index is 1.97. The molecule has 22 heavy (non-hydrogen) atoms. The van der Waals surface area contributed by atoms with Crippen LogP contribution in [0.4, 0.5) is 5.69 Å². The molecule has 0 saturated carbocycles. The Morgan fingerprint density at radius 2 is 1.73 bits per heavy atom. The average Bonchev–Trinajstić information content (AvgIpc) is 2.45. The third kappa shape index (κ3) is 4.48. The summed E-state index contributed by atoms with van der Waals surface area (Å²) in [4.78, 5) is 23.0. The van der Waals surface area contributed by atoms with Crippen LogP contribution in [0.15, 0.2) is 42.5 Å². The standard InChI is InChI=1S/C16H14Cl2N2O2/c1-10(21)20-13-5-2-11(3-6-13)9-19-16(22)14-7-4-12(17)8-15(14)18/h2-8H,9H2,1H3,(H,19,22)(H,20,21). The van der Waals surface area contributed by atoms with Gasteiger partial charge in [0, 0.05) is 24.2 Å². The number of carbonyl (C=O) groups is 2. The molecule has 2 aromatic carbocycles. The summed E-state index contributed by atoms with van der Waals surface area (Å²) in [5.74, 6) is -0.397. The van der Waals surface area contributed by atoms with Crippen LogP contribution in [0.25, 0.3) is 0 Å². The Hall–Kier alpha value is -2.04. The highest BCUT2D eigenvalue weighted by Crippen LogP contribution is 2.21.